The van der Waals surface area contributed by atoms with Crippen LogP contribution < -0.4 is 10.7 Å². The summed E-state index contributed by atoms with van der Waals surface area (Å²) >= 11 is 0. The Balaban J connectivity index is 1.72. The lowest BCUT2D eigenvalue weighted by molar-refractivity contribution is 0.0696. The van der Waals surface area contributed by atoms with E-state index in [0.29, 0.717) is 27.7 Å². The average molecular weight is 891 g/mol. The molecule has 1 aliphatic heterocycles. The summed E-state index contributed by atoms with van der Waals surface area (Å²) in [6, 6.07) is 19.8. The molecule has 5 nitrogen and oxygen atoms in total. The van der Waals surface area contributed by atoms with Gasteiger partial charge in [0.15, 0.2) is 0 Å². The van der Waals surface area contributed by atoms with E-state index in [1.807, 2.05) is 18.2 Å². The zero-order chi connectivity index (χ0) is 49.6. The Morgan fingerprint density at radius 2 is 0.985 bits per heavy atom. The van der Waals surface area contributed by atoms with Crippen molar-refractivity contribution in [1.82, 2.24) is 0 Å². The fourth-order valence-corrected chi connectivity index (χ4v) is 14.8. The van der Waals surface area contributed by atoms with Crippen molar-refractivity contribution in [3.8, 4) is 22.5 Å². The summed E-state index contributed by atoms with van der Waals surface area (Å²) in [4.78, 5) is 18.1. The zero-order valence-corrected chi connectivity index (χ0v) is 45.6. The first-order valence-electron chi connectivity index (χ1n) is 24.7. The molecule has 4 rings (SSSR count). The Morgan fingerprint density at radius 3 is 1.48 bits per heavy atom. The molecule has 2 aromatic rings. The van der Waals surface area contributed by atoms with E-state index in [1.165, 1.54) is 25.7 Å². The van der Waals surface area contributed by atoms with Crippen LogP contribution in [0.3, 0.4) is 0 Å². The molecule has 65 heavy (non-hydrogen) atoms. The Hall–Kier alpha value is -3.60. The molecule has 0 saturated heterocycles. The van der Waals surface area contributed by atoms with Crippen LogP contribution in [0.15, 0.2) is 70.1 Å². The van der Waals surface area contributed by atoms with Crippen LogP contribution >= 0.6 is 0 Å². The van der Waals surface area contributed by atoms with Crippen LogP contribution in [0.5, 0.6) is 0 Å². The number of anilines is 1. The van der Waals surface area contributed by atoms with E-state index in [-0.39, 0.29) is 49.1 Å². The fourth-order valence-electron chi connectivity index (χ4n) is 14.8. The number of aromatic carboxylic acids is 1. The van der Waals surface area contributed by atoms with Gasteiger partial charge in [-0.3, -0.25) is 4.99 Å². The van der Waals surface area contributed by atoms with Gasteiger partial charge >= 0.3 is 5.97 Å². The standard InChI is InChI=1S/C60H94N2O3/c1-51(2,3)33-53(7,8)35-55(11,12)37-57(15,16)39-59(19,20)61-41-27-29-45-47(31-41)65-48-32-42(28-30-46(48)49(45)43-25-23-24-26-44(43)50(63)64)62-60(21,22)40-58(17,18)38-56(13,14)36-54(9,10)34-52(4,5)6/h23-32,61H,33-40H2,1-22H3,(H,63,64)/b62-42-. The SMILES string of the molecule is CC(C)(C)CC(C)(C)CC(C)(C)CC(C)(C)CC(C)(C)/N=c1/ccc2c(-c3ccccc3C(=O)O)c3ccc(NC(C)(C)CC(C)(C)CC(C)(C)CC(C)(C)CC(C)(C)C)cc3oc-2c1. The minimum Gasteiger partial charge on any atom is -0.478 e. The number of benzene rings is 3. The van der Waals surface area contributed by atoms with Gasteiger partial charge < -0.3 is 14.8 Å². The largest absolute Gasteiger partial charge is 0.478 e. The maximum absolute atomic E-state index is 12.7. The van der Waals surface area contributed by atoms with Crippen molar-refractivity contribution in [1.29, 1.82) is 0 Å². The number of nitrogens with zero attached hydrogens (tertiary/aromatic N) is 1. The molecule has 2 aliphatic rings. The number of hydrogen-bond acceptors (Lipinski definition) is 4. The normalized spacial score (nSPS) is 14.7. The maximum atomic E-state index is 12.7. The van der Waals surface area contributed by atoms with Crippen molar-refractivity contribution >= 4 is 22.6 Å². The highest BCUT2D eigenvalue weighted by molar-refractivity contribution is 6.07. The lowest BCUT2D eigenvalue weighted by atomic mass is 9.62. The molecule has 362 valence electrons. The van der Waals surface area contributed by atoms with Crippen LogP contribution in [0.25, 0.3) is 33.4 Å². The summed E-state index contributed by atoms with van der Waals surface area (Å²) in [5.74, 6) is -0.274. The van der Waals surface area contributed by atoms with E-state index < -0.39 is 5.97 Å². The van der Waals surface area contributed by atoms with Crippen molar-refractivity contribution in [3.05, 3.63) is 71.6 Å². The van der Waals surface area contributed by atoms with E-state index in [9.17, 15) is 9.90 Å². The van der Waals surface area contributed by atoms with Gasteiger partial charge in [0.2, 0.25) is 0 Å². The number of carboxylic acids is 1. The van der Waals surface area contributed by atoms with Gasteiger partial charge in [-0.25, -0.2) is 4.79 Å². The highest BCUT2D eigenvalue weighted by atomic mass is 16.4. The lowest BCUT2D eigenvalue weighted by Gasteiger charge is -2.44. The monoisotopic (exact) mass is 891 g/mol. The Morgan fingerprint density at radius 1 is 0.523 bits per heavy atom. The smallest absolute Gasteiger partial charge is 0.336 e. The zero-order valence-electron chi connectivity index (χ0n) is 45.6. The molecule has 0 atom stereocenters. The molecule has 0 fully saturated rings. The fraction of sp³-hybridized carbons (Fsp3) is 0.667. The van der Waals surface area contributed by atoms with Gasteiger partial charge in [-0.05, 0) is 158 Å². The number of hydrogen-bond donors (Lipinski definition) is 2. The molecular weight excluding hydrogens is 797 g/mol. The molecule has 0 bridgehead atoms. The van der Waals surface area contributed by atoms with Crippen LogP contribution in [0.4, 0.5) is 5.69 Å². The van der Waals surface area contributed by atoms with Gasteiger partial charge in [-0.1, -0.05) is 143 Å². The summed E-state index contributed by atoms with van der Waals surface area (Å²) < 4.78 is 6.87. The summed E-state index contributed by atoms with van der Waals surface area (Å²) in [5.41, 5.74) is 5.39. The molecule has 2 N–H and O–H groups in total. The van der Waals surface area contributed by atoms with E-state index >= 15 is 0 Å². The van der Waals surface area contributed by atoms with Gasteiger partial charge in [-0.2, -0.15) is 0 Å². The molecule has 0 spiro atoms. The first-order chi connectivity index (χ1) is 29.1. The number of fused-ring (bicyclic) bond motifs is 2. The average Bonchev–Trinajstić information content (AvgIpc) is 3.00. The highest BCUT2D eigenvalue weighted by Crippen LogP contribution is 2.50. The molecule has 0 unspecified atom stereocenters. The van der Waals surface area contributed by atoms with Crippen LogP contribution in [-0.2, 0) is 0 Å². The Bertz CT molecular complexity index is 2310. The predicted molar refractivity (Wildman–Crippen MR) is 281 cm³/mol. The quantitative estimate of drug-likeness (QED) is 0.0920. The molecule has 2 aromatic carbocycles. The van der Waals surface area contributed by atoms with E-state index in [4.69, 9.17) is 9.41 Å². The molecule has 0 aromatic heterocycles. The van der Waals surface area contributed by atoms with Gasteiger partial charge in [0.25, 0.3) is 0 Å². The third kappa shape index (κ3) is 16.6. The van der Waals surface area contributed by atoms with E-state index in [1.54, 1.807) is 12.1 Å². The molecular formula is C60H94N2O3. The molecule has 1 heterocycles. The summed E-state index contributed by atoms with van der Waals surface area (Å²) in [7, 11) is 0. The Labute approximate surface area is 397 Å². The van der Waals surface area contributed by atoms with Crippen LogP contribution in [0.1, 0.15) is 214 Å². The molecule has 0 radical (unpaired) electrons. The first kappa shape index (κ1) is 54.0. The Kier molecular flexibility index (Phi) is 15.4. The summed E-state index contributed by atoms with van der Waals surface area (Å²) in [6.45, 7) is 52.4. The molecule has 0 saturated carbocycles. The van der Waals surface area contributed by atoms with Gasteiger partial charge in [0.1, 0.15) is 11.3 Å². The number of rotatable bonds is 19. The van der Waals surface area contributed by atoms with Crippen molar-refractivity contribution in [3.63, 3.8) is 0 Å². The molecule has 5 heteroatoms. The minimum absolute atomic E-state index is 0.0606. The van der Waals surface area contributed by atoms with E-state index in [2.05, 4.69) is 188 Å². The second kappa shape index (κ2) is 18.5. The van der Waals surface area contributed by atoms with Crippen molar-refractivity contribution in [2.24, 2.45) is 48.3 Å². The summed E-state index contributed by atoms with van der Waals surface area (Å²) in [5, 5.41) is 16.0. The third-order valence-corrected chi connectivity index (χ3v) is 12.7. The lowest BCUT2D eigenvalue weighted by Crippen LogP contribution is -2.39. The predicted octanol–water partition coefficient (Wildman–Crippen LogP) is 18.1. The third-order valence-electron chi connectivity index (χ3n) is 12.7. The van der Waals surface area contributed by atoms with Crippen molar-refractivity contribution in [2.45, 2.75) is 215 Å². The topological polar surface area (TPSA) is 74.8 Å². The van der Waals surface area contributed by atoms with Gasteiger partial charge in [0.05, 0.1) is 16.5 Å². The second-order valence-corrected chi connectivity index (χ2v) is 29.2. The minimum atomic E-state index is -0.955. The van der Waals surface area contributed by atoms with Crippen LogP contribution in [0.2, 0.25) is 0 Å². The van der Waals surface area contributed by atoms with Crippen molar-refractivity contribution < 1.29 is 14.3 Å². The number of nitrogens with one attached hydrogen (secondary N) is 1. The highest BCUT2D eigenvalue weighted by Gasteiger charge is 2.40. The van der Waals surface area contributed by atoms with Gasteiger partial charge in [-0.15, -0.1) is 0 Å². The maximum Gasteiger partial charge on any atom is 0.336 e. The van der Waals surface area contributed by atoms with Crippen molar-refractivity contribution in [2.75, 3.05) is 5.32 Å². The number of carbonyl (C=O) groups is 1. The van der Waals surface area contributed by atoms with Crippen LogP contribution in [-0.4, -0.2) is 22.2 Å². The van der Waals surface area contributed by atoms with Crippen LogP contribution in [0, 0.1) is 43.3 Å². The number of carboxylic acid groups (broad SMARTS) is 1. The second-order valence-electron chi connectivity index (χ2n) is 29.2. The molecule has 1 aliphatic carbocycles. The van der Waals surface area contributed by atoms with E-state index in [0.717, 1.165) is 53.2 Å². The first-order valence-corrected chi connectivity index (χ1v) is 24.7. The van der Waals surface area contributed by atoms with Gasteiger partial charge in [0, 0.05) is 39.9 Å². The molecule has 0 amide bonds. The summed E-state index contributed by atoms with van der Waals surface area (Å²) in [6.07, 6.45) is 8.90.